The third-order valence-corrected chi connectivity index (χ3v) is 6.61. The maximum Gasteiger partial charge on any atom is 0.270 e. The molecule has 2 aromatic heterocycles. The number of pyridine rings is 2. The fraction of sp³-hybridized carbons (Fsp3) is 0.250. The van der Waals surface area contributed by atoms with E-state index in [2.05, 4.69) is 27.4 Å². The van der Waals surface area contributed by atoms with E-state index in [4.69, 9.17) is 9.47 Å². The average Bonchev–Trinajstić information content (AvgIpc) is 2.91. The molecular formula is C28H28N4O3. The molecule has 2 heterocycles. The summed E-state index contributed by atoms with van der Waals surface area (Å²) in [6.07, 6.45) is 6.11. The predicted octanol–water partition coefficient (Wildman–Crippen LogP) is 4.70. The van der Waals surface area contributed by atoms with Gasteiger partial charge >= 0.3 is 0 Å². The van der Waals surface area contributed by atoms with Gasteiger partial charge in [-0.3, -0.25) is 4.79 Å². The fourth-order valence-electron chi connectivity index (χ4n) is 4.61. The SMILES string of the molecule is COc1ccc2c(c1)CCC(NC(=O)c1ccc(N(C)c3nccc4ccc(OC)cc34)cn1)C2. The van der Waals surface area contributed by atoms with Gasteiger partial charge in [-0.15, -0.1) is 0 Å². The van der Waals surface area contributed by atoms with Gasteiger partial charge in [-0.1, -0.05) is 12.1 Å². The standard InChI is InChI=1S/C28H28N4O3/c1-32(27-25-16-24(35-3)9-5-18(25)12-13-29-27)22-8-11-26(30-17-22)28(33)31-21-7-4-20-15-23(34-2)10-6-19(20)14-21/h5-6,8-13,15-17,21H,4,7,14H2,1-3H3,(H,31,33). The van der Waals surface area contributed by atoms with E-state index in [9.17, 15) is 4.79 Å². The van der Waals surface area contributed by atoms with E-state index in [-0.39, 0.29) is 11.9 Å². The number of carbonyl (C=O) groups is 1. The Morgan fingerprint density at radius 3 is 2.54 bits per heavy atom. The molecule has 1 aliphatic carbocycles. The van der Waals surface area contributed by atoms with Gasteiger partial charge in [-0.05, 0) is 78.2 Å². The van der Waals surface area contributed by atoms with Crippen LogP contribution in [0.15, 0.2) is 67.0 Å². The molecule has 0 saturated heterocycles. The first-order valence-electron chi connectivity index (χ1n) is 11.6. The number of hydrogen-bond acceptors (Lipinski definition) is 6. The number of anilines is 2. The number of methoxy groups -OCH3 is 2. The first-order chi connectivity index (χ1) is 17.1. The van der Waals surface area contributed by atoms with Gasteiger partial charge in [0.1, 0.15) is 23.0 Å². The van der Waals surface area contributed by atoms with Crippen LogP contribution in [0.3, 0.4) is 0 Å². The Morgan fingerprint density at radius 2 is 1.77 bits per heavy atom. The van der Waals surface area contributed by atoms with E-state index >= 15 is 0 Å². The second kappa shape index (κ2) is 9.62. The summed E-state index contributed by atoms with van der Waals surface area (Å²) in [5.41, 5.74) is 3.78. The van der Waals surface area contributed by atoms with Crippen LogP contribution in [0.25, 0.3) is 10.8 Å². The molecule has 0 spiro atoms. The lowest BCUT2D eigenvalue weighted by Crippen LogP contribution is -2.39. The van der Waals surface area contributed by atoms with Crippen LogP contribution in [0.1, 0.15) is 28.0 Å². The van der Waals surface area contributed by atoms with Crippen molar-refractivity contribution in [3.8, 4) is 11.5 Å². The molecule has 178 valence electrons. The molecule has 0 bridgehead atoms. The molecule has 0 saturated carbocycles. The number of nitrogens with one attached hydrogen (secondary N) is 1. The van der Waals surface area contributed by atoms with E-state index in [0.717, 1.165) is 53.0 Å². The number of rotatable bonds is 6. The number of nitrogens with zero attached hydrogens (tertiary/aromatic N) is 3. The highest BCUT2D eigenvalue weighted by atomic mass is 16.5. The van der Waals surface area contributed by atoms with Crippen LogP contribution < -0.4 is 19.7 Å². The van der Waals surface area contributed by atoms with Crippen LogP contribution in [0.5, 0.6) is 11.5 Å². The first kappa shape index (κ1) is 22.7. The van der Waals surface area contributed by atoms with Crippen LogP contribution >= 0.6 is 0 Å². The zero-order chi connectivity index (χ0) is 24.4. The summed E-state index contributed by atoms with van der Waals surface area (Å²) in [4.78, 5) is 23.9. The minimum Gasteiger partial charge on any atom is -0.497 e. The summed E-state index contributed by atoms with van der Waals surface area (Å²) < 4.78 is 10.7. The van der Waals surface area contributed by atoms with Crippen molar-refractivity contribution >= 4 is 28.2 Å². The monoisotopic (exact) mass is 468 g/mol. The molecule has 1 aliphatic rings. The average molecular weight is 469 g/mol. The molecule has 7 nitrogen and oxygen atoms in total. The Balaban J connectivity index is 1.29. The summed E-state index contributed by atoms with van der Waals surface area (Å²) in [5, 5.41) is 5.20. The van der Waals surface area contributed by atoms with Crippen molar-refractivity contribution in [1.82, 2.24) is 15.3 Å². The van der Waals surface area contributed by atoms with Gasteiger partial charge in [0.05, 0.1) is 26.1 Å². The molecule has 7 heteroatoms. The third kappa shape index (κ3) is 4.62. The molecule has 0 fully saturated rings. The van der Waals surface area contributed by atoms with Gasteiger partial charge in [-0.25, -0.2) is 9.97 Å². The molecular weight excluding hydrogens is 440 g/mol. The van der Waals surface area contributed by atoms with Gasteiger partial charge in [0.15, 0.2) is 0 Å². The summed E-state index contributed by atoms with van der Waals surface area (Å²) in [7, 11) is 5.27. The van der Waals surface area contributed by atoms with Crippen LogP contribution in [0.2, 0.25) is 0 Å². The topological polar surface area (TPSA) is 76.6 Å². The molecule has 1 N–H and O–H groups in total. The number of ether oxygens (including phenoxy) is 2. The van der Waals surface area contributed by atoms with Crippen molar-refractivity contribution in [3.63, 3.8) is 0 Å². The van der Waals surface area contributed by atoms with Crippen LogP contribution in [0, 0.1) is 0 Å². The minimum absolute atomic E-state index is 0.0856. The van der Waals surface area contributed by atoms with Gasteiger partial charge in [0.25, 0.3) is 5.91 Å². The summed E-state index contributed by atoms with van der Waals surface area (Å²) in [6, 6.07) is 17.8. The normalized spacial score (nSPS) is 14.8. The maximum absolute atomic E-state index is 12.9. The Kier molecular flexibility index (Phi) is 6.23. The van der Waals surface area contributed by atoms with Gasteiger partial charge in [-0.2, -0.15) is 0 Å². The van der Waals surface area contributed by atoms with E-state index in [1.807, 2.05) is 48.3 Å². The lowest BCUT2D eigenvalue weighted by molar-refractivity contribution is 0.0928. The summed E-state index contributed by atoms with van der Waals surface area (Å²) >= 11 is 0. The van der Waals surface area contributed by atoms with Crippen molar-refractivity contribution < 1.29 is 14.3 Å². The zero-order valence-electron chi connectivity index (χ0n) is 20.1. The largest absolute Gasteiger partial charge is 0.497 e. The van der Waals surface area contributed by atoms with Crippen LogP contribution in [-0.4, -0.2) is 43.2 Å². The molecule has 1 unspecified atom stereocenters. The van der Waals surface area contributed by atoms with E-state index in [1.54, 1.807) is 32.7 Å². The highest BCUT2D eigenvalue weighted by molar-refractivity contribution is 5.95. The van der Waals surface area contributed by atoms with Crippen molar-refractivity contribution in [1.29, 1.82) is 0 Å². The summed E-state index contributed by atoms with van der Waals surface area (Å²) in [5.74, 6) is 2.28. The van der Waals surface area contributed by atoms with E-state index < -0.39 is 0 Å². The molecule has 2 aromatic carbocycles. The quantitative estimate of drug-likeness (QED) is 0.442. The Labute approximate surface area is 204 Å². The predicted molar refractivity (Wildman–Crippen MR) is 137 cm³/mol. The summed E-state index contributed by atoms with van der Waals surface area (Å²) in [6.45, 7) is 0. The number of aromatic nitrogens is 2. The highest BCUT2D eigenvalue weighted by Gasteiger charge is 2.22. The van der Waals surface area contributed by atoms with Crippen LogP contribution in [0.4, 0.5) is 11.5 Å². The van der Waals surface area contributed by atoms with Crippen molar-refractivity contribution in [3.05, 3.63) is 83.8 Å². The van der Waals surface area contributed by atoms with E-state index in [1.165, 1.54) is 11.1 Å². The molecule has 35 heavy (non-hydrogen) atoms. The Hall–Kier alpha value is -4.13. The number of carbonyl (C=O) groups excluding carboxylic acids is 1. The highest BCUT2D eigenvalue weighted by Crippen LogP contribution is 2.31. The second-order valence-corrected chi connectivity index (χ2v) is 8.73. The minimum atomic E-state index is -0.158. The maximum atomic E-state index is 12.9. The zero-order valence-corrected chi connectivity index (χ0v) is 20.1. The van der Waals surface area contributed by atoms with Crippen molar-refractivity contribution in [2.75, 3.05) is 26.2 Å². The molecule has 5 rings (SSSR count). The molecule has 0 radical (unpaired) electrons. The lowest BCUT2D eigenvalue weighted by atomic mass is 9.88. The van der Waals surface area contributed by atoms with Gasteiger partial charge in [0, 0.05) is 24.7 Å². The molecule has 0 aliphatic heterocycles. The number of aryl methyl sites for hydroxylation is 1. The number of benzene rings is 2. The smallest absolute Gasteiger partial charge is 0.270 e. The fourth-order valence-corrected chi connectivity index (χ4v) is 4.61. The van der Waals surface area contributed by atoms with E-state index in [0.29, 0.717) is 5.69 Å². The number of amides is 1. The van der Waals surface area contributed by atoms with Crippen molar-refractivity contribution in [2.45, 2.75) is 25.3 Å². The van der Waals surface area contributed by atoms with Crippen molar-refractivity contribution in [2.24, 2.45) is 0 Å². The number of fused-ring (bicyclic) bond motifs is 2. The van der Waals surface area contributed by atoms with Crippen LogP contribution in [-0.2, 0) is 12.8 Å². The second-order valence-electron chi connectivity index (χ2n) is 8.73. The van der Waals surface area contributed by atoms with Gasteiger partial charge in [0.2, 0.25) is 0 Å². The number of hydrogen-bond donors (Lipinski definition) is 1. The Morgan fingerprint density at radius 1 is 0.971 bits per heavy atom. The Bertz CT molecular complexity index is 1370. The lowest BCUT2D eigenvalue weighted by Gasteiger charge is -2.26. The molecule has 1 amide bonds. The first-order valence-corrected chi connectivity index (χ1v) is 11.6. The van der Waals surface area contributed by atoms with Gasteiger partial charge < -0.3 is 19.7 Å². The molecule has 4 aromatic rings. The molecule has 1 atom stereocenters. The third-order valence-electron chi connectivity index (χ3n) is 6.61.